The van der Waals surface area contributed by atoms with Crippen LogP contribution in [-0.2, 0) is 0 Å². The second-order valence-electron chi connectivity index (χ2n) is 2.77. The normalized spacial score (nSPS) is 10.7. The van der Waals surface area contributed by atoms with Gasteiger partial charge < -0.3 is 9.84 Å². The molecule has 0 aliphatic rings. The van der Waals surface area contributed by atoms with Crippen LogP contribution >= 0.6 is 11.6 Å². The molecule has 0 unspecified atom stereocenters. The Morgan fingerprint density at radius 2 is 2.00 bits per heavy atom. The molecular weight excluding hydrogens is 207 g/mol. The van der Waals surface area contributed by atoms with Gasteiger partial charge in [-0.25, -0.2) is 0 Å². The number of rotatable bonds is 4. The Labute approximate surface area is 107 Å². The predicted octanol–water partition coefficient (Wildman–Crippen LogP) is -0.971. The van der Waals surface area contributed by atoms with E-state index < -0.39 is 0 Å². The Kier molecular flexibility index (Phi) is 7.42. The molecule has 0 heterocycles. The Bertz CT molecular complexity index is 309. The molecule has 2 nitrogen and oxygen atoms in total. The molecule has 0 N–H and O–H groups in total. The van der Waals surface area contributed by atoms with Gasteiger partial charge in [0, 0.05) is 5.88 Å². The summed E-state index contributed by atoms with van der Waals surface area (Å²) in [7, 11) is 1.59. The van der Waals surface area contributed by atoms with Crippen LogP contribution < -0.4 is 28.7 Å². The third-order valence-corrected chi connectivity index (χ3v) is 2.03. The van der Waals surface area contributed by atoms with Crippen molar-refractivity contribution in [2.75, 3.05) is 13.0 Å². The van der Waals surface area contributed by atoms with Crippen LogP contribution in [0.25, 0.3) is 5.76 Å². The number of ether oxygens (including phenoxy) is 1. The van der Waals surface area contributed by atoms with Crippen molar-refractivity contribution in [3.8, 4) is 5.75 Å². The van der Waals surface area contributed by atoms with Crippen molar-refractivity contribution in [1.82, 2.24) is 0 Å². The molecule has 0 spiro atoms. The molecule has 0 aliphatic carbocycles. The van der Waals surface area contributed by atoms with Gasteiger partial charge >= 0.3 is 18.9 Å². The number of allylic oxidation sites excluding steroid dienone is 1. The summed E-state index contributed by atoms with van der Waals surface area (Å²) in [6.07, 6.45) is 2.20. The zero-order valence-electron chi connectivity index (χ0n) is 9.00. The zero-order chi connectivity index (χ0) is 10.4. The van der Waals surface area contributed by atoms with Crippen molar-refractivity contribution in [2.45, 2.75) is 6.42 Å². The number of alkyl halides is 1. The van der Waals surface area contributed by atoms with Crippen LogP contribution in [0.15, 0.2) is 30.3 Å². The van der Waals surface area contributed by atoms with E-state index in [4.69, 9.17) is 16.3 Å². The standard InChI is InChI=1S/C11H13ClO2.Li/c1-14-10-6-4-9(5-7-10)11(13)3-2-8-12;/h3-7,13H,2,8H2,1H3;/q;+1/p-1/b11-3+;. The van der Waals surface area contributed by atoms with Crippen molar-refractivity contribution in [3.05, 3.63) is 35.9 Å². The fourth-order valence-corrected chi connectivity index (χ4v) is 1.17. The molecule has 0 radical (unpaired) electrons. The van der Waals surface area contributed by atoms with Gasteiger partial charge in [0.1, 0.15) is 5.75 Å². The number of hydrogen-bond acceptors (Lipinski definition) is 2. The summed E-state index contributed by atoms with van der Waals surface area (Å²) in [5, 5.41) is 11.4. The van der Waals surface area contributed by atoms with E-state index in [1.807, 2.05) is 0 Å². The first-order valence-electron chi connectivity index (χ1n) is 4.35. The first kappa shape index (κ1) is 14.4. The second-order valence-corrected chi connectivity index (χ2v) is 3.15. The monoisotopic (exact) mass is 218 g/mol. The molecule has 1 rings (SSSR count). The zero-order valence-corrected chi connectivity index (χ0v) is 9.75. The van der Waals surface area contributed by atoms with Gasteiger partial charge in [-0.1, -0.05) is 18.2 Å². The molecule has 0 bridgehead atoms. The van der Waals surface area contributed by atoms with Gasteiger partial charge in [0.15, 0.2) is 0 Å². The Morgan fingerprint density at radius 3 is 2.47 bits per heavy atom. The van der Waals surface area contributed by atoms with Gasteiger partial charge in [0.05, 0.1) is 7.11 Å². The van der Waals surface area contributed by atoms with Crippen molar-refractivity contribution in [3.63, 3.8) is 0 Å². The fraction of sp³-hybridized carbons (Fsp3) is 0.273. The fourth-order valence-electron chi connectivity index (χ4n) is 1.06. The topological polar surface area (TPSA) is 32.3 Å². The quantitative estimate of drug-likeness (QED) is 0.370. The van der Waals surface area contributed by atoms with Crippen LogP contribution in [0.4, 0.5) is 0 Å². The number of halogens is 1. The largest absolute Gasteiger partial charge is 1.00 e. The minimum atomic E-state index is 0. The molecule has 1 aromatic carbocycles. The van der Waals surface area contributed by atoms with Crippen LogP contribution in [0.1, 0.15) is 12.0 Å². The van der Waals surface area contributed by atoms with Gasteiger partial charge in [0.25, 0.3) is 0 Å². The second kappa shape index (κ2) is 7.70. The van der Waals surface area contributed by atoms with Crippen LogP contribution in [0.2, 0.25) is 0 Å². The summed E-state index contributed by atoms with van der Waals surface area (Å²) in [4.78, 5) is 0. The first-order valence-corrected chi connectivity index (χ1v) is 4.89. The summed E-state index contributed by atoms with van der Waals surface area (Å²) in [5.41, 5.74) is 0.663. The Balaban J connectivity index is 0.00000196. The minimum absolute atomic E-state index is 0. The van der Waals surface area contributed by atoms with E-state index in [0.29, 0.717) is 17.9 Å². The molecule has 76 valence electrons. The molecule has 15 heavy (non-hydrogen) atoms. The molecule has 1 aromatic rings. The average Bonchev–Trinajstić information content (AvgIpc) is 2.26. The summed E-state index contributed by atoms with van der Waals surface area (Å²) < 4.78 is 4.99. The summed E-state index contributed by atoms with van der Waals surface area (Å²) >= 11 is 5.48. The Morgan fingerprint density at radius 1 is 1.40 bits per heavy atom. The van der Waals surface area contributed by atoms with E-state index >= 15 is 0 Å². The molecule has 0 amide bonds. The summed E-state index contributed by atoms with van der Waals surface area (Å²) in [6.45, 7) is 0. The summed E-state index contributed by atoms with van der Waals surface area (Å²) in [6, 6.07) is 7.02. The molecule has 0 atom stereocenters. The number of benzene rings is 1. The molecular formula is C11H12ClLiO2. The van der Waals surface area contributed by atoms with Crippen molar-refractivity contribution in [2.24, 2.45) is 0 Å². The maximum atomic E-state index is 11.4. The van der Waals surface area contributed by atoms with E-state index in [1.165, 1.54) is 0 Å². The van der Waals surface area contributed by atoms with Gasteiger partial charge in [0.2, 0.25) is 0 Å². The third kappa shape index (κ3) is 4.66. The minimum Gasteiger partial charge on any atom is -0.872 e. The number of methoxy groups -OCH3 is 1. The van der Waals surface area contributed by atoms with E-state index in [2.05, 4.69) is 0 Å². The molecule has 4 heteroatoms. The average molecular weight is 219 g/mol. The van der Waals surface area contributed by atoms with E-state index in [0.717, 1.165) is 5.75 Å². The summed E-state index contributed by atoms with van der Waals surface area (Å²) in [5.74, 6) is 1.23. The van der Waals surface area contributed by atoms with E-state index in [-0.39, 0.29) is 24.6 Å². The van der Waals surface area contributed by atoms with Crippen molar-refractivity contribution >= 4 is 17.4 Å². The van der Waals surface area contributed by atoms with Gasteiger partial charge in [-0.15, -0.1) is 17.4 Å². The smallest absolute Gasteiger partial charge is 0.872 e. The molecule has 0 fully saturated rings. The van der Waals surface area contributed by atoms with Crippen molar-refractivity contribution < 1.29 is 28.7 Å². The van der Waals surface area contributed by atoms with Gasteiger partial charge in [-0.05, 0) is 24.1 Å². The van der Waals surface area contributed by atoms with Gasteiger partial charge in [-0.3, -0.25) is 0 Å². The van der Waals surface area contributed by atoms with Crippen LogP contribution in [0, 0.1) is 0 Å². The SMILES string of the molecule is COc1ccc(/C([O-])=C\CCCl)cc1.[Li+]. The maximum absolute atomic E-state index is 11.4. The molecule has 0 saturated carbocycles. The van der Waals surface area contributed by atoms with E-state index in [9.17, 15) is 5.11 Å². The first-order chi connectivity index (χ1) is 6.77. The van der Waals surface area contributed by atoms with Crippen LogP contribution in [-0.4, -0.2) is 13.0 Å². The predicted molar refractivity (Wildman–Crippen MR) is 56.3 cm³/mol. The van der Waals surface area contributed by atoms with Crippen LogP contribution in [0.3, 0.4) is 0 Å². The number of hydrogen-bond donors (Lipinski definition) is 0. The van der Waals surface area contributed by atoms with Crippen molar-refractivity contribution in [1.29, 1.82) is 0 Å². The maximum Gasteiger partial charge on any atom is 1.00 e. The van der Waals surface area contributed by atoms with E-state index in [1.54, 1.807) is 37.5 Å². The molecule has 0 saturated heterocycles. The Hall–Kier alpha value is -0.553. The molecule has 0 aliphatic heterocycles. The van der Waals surface area contributed by atoms with Gasteiger partial charge in [-0.2, -0.15) is 0 Å². The molecule has 0 aromatic heterocycles. The third-order valence-electron chi connectivity index (χ3n) is 1.81. The van der Waals surface area contributed by atoms with Crippen LogP contribution in [0.5, 0.6) is 5.75 Å².